The minimum atomic E-state index is -0.647. The summed E-state index contributed by atoms with van der Waals surface area (Å²) >= 11 is 0. The van der Waals surface area contributed by atoms with E-state index in [0.717, 1.165) is 5.56 Å². The van der Waals surface area contributed by atoms with Gasteiger partial charge in [0, 0.05) is 19.7 Å². The van der Waals surface area contributed by atoms with E-state index in [-0.39, 0.29) is 17.5 Å². The number of anilines is 1. The van der Waals surface area contributed by atoms with Gasteiger partial charge in [-0.1, -0.05) is 12.1 Å². The van der Waals surface area contributed by atoms with Gasteiger partial charge in [0.25, 0.3) is 11.5 Å². The number of rotatable bonds is 3. The second-order valence-corrected chi connectivity index (χ2v) is 6.30. The number of aryl methyl sites for hydroxylation is 1. The monoisotopic (exact) mass is 377 g/mol. The maximum Gasteiger partial charge on any atom is 0.282 e. The van der Waals surface area contributed by atoms with E-state index < -0.39 is 11.5 Å². The van der Waals surface area contributed by atoms with Crippen molar-refractivity contribution in [1.82, 2.24) is 19.1 Å². The first-order chi connectivity index (χ1) is 13.5. The number of hydrogen-bond acceptors (Lipinski definition) is 4. The van der Waals surface area contributed by atoms with Gasteiger partial charge >= 0.3 is 0 Å². The highest BCUT2D eigenvalue weighted by Gasteiger charge is 2.19. The van der Waals surface area contributed by atoms with Crippen LogP contribution in [0.4, 0.5) is 10.3 Å². The molecule has 0 saturated heterocycles. The van der Waals surface area contributed by atoms with Crippen molar-refractivity contribution in [1.29, 1.82) is 0 Å². The number of imidazole rings is 1. The van der Waals surface area contributed by atoms with Crippen LogP contribution in [-0.4, -0.2) is 25.0 Å². The lowest BCUT2D eigenvalue weighted by atomic mass is 10.2. The van der Waals surface area contributed by atoms with Crippen molar-refractivity contribution in [2.24, 2.45) is 14.1 Å². The first-order valence-electron chi connectivity index (χ1n) is 8.50. The fourth-order valence-electron chi connectivity index (χ4n) is 3.00. The van der Waals surface area contributed by atoms with Crippen LogP contribution < -0.4 is 10.9 Å². The summed E-state index contributed by atoms with van der Waals surface area (Å²) in [6.45, 7) is 0. The van der Waals surface area contributed by atoms with Gasteiger partial charge in [0.1, 0.15) is 5.82 Å². The van der Waals surface area contributed by atoms with Gasteiger partial charge in [-0.15, -0.1) is 0 Å². The van der Waals surface area contributed by atoms with Crippen LogP contribution in [0.15, 0.2) is 59.5 Å². The molecule has 2 heterocycles. The number of aromatic nitrogens is 4. The molecule has 0 aliphatic heterocycles. The van der Waals surface area contributed by atoms with Crippen LogP contribution in [0, 0.1) is 5.82 Å². The predicted molar refractivity (Wildman–Crippen MR) is 104 cm³/mol. The van der Waals surface area contributed by atoms with Crippen LogP contribution in [0.2, 0.25) is 0 Å². The van der Waals surface area contributed by atoms with Crippen molar-refractivity contribution in [2.75, 3.05) is 5.32 Å². The quantitative estimate of drug-likeness (QED) is 0.595. The number of hydrogen-bond donors (Lipinski definition) is 1. The second kappa shape index (κ2) is 6.73. The third-order valence-electron chi connectivity index (χ3n) is 4.55. The van der Waals surface area contributed by atoms with Gasteiger partial charge in [0.2, 0.25) is 5.95 Å². The molecule has 140 valence electrons. The summed E-state index contributed by atoms with van der Waals surface area (Å²) in [7, 11) is 3.31. The summed E-state index contributed by atoms with van der Waals surface area (Å²) in [4.78, 5) is 33.6. The smallest absolute Gasteiger partial charge is 0.282 e. The summed E-state index contributed by atoms with van der Waals surface area (Å²) in [5, 5.41) is 2.62. The van der Waals surface area contributed by atoms with Gasteiger partial charge in [-0.3, -0.25) is 14.9 Å². The Bertz CT molecular complexity index is 1260. The molecule has 0 aliphatic carbocycles. The number of para-hydroxylation sites is 2. The maximum absolute atomic E-state index is 13.1. The molecule has 0 saturated carbocycles. The van der Waals surface area contributed by atoms with Crippen LogP contribution in [0.25, 0.3) is 22.3 Å². The number of amides is 1. The number of carbonyl (C=O) groups excluding carboxylic acids is 1. The Balaban J connectivity index is 1.68. The van der Waals surface area contributed by atoms with Crippen LogP contribution in [0.5, 0.6) is 0 Å². The molecular formula is C20H16FN5O2. The van der Waals surface area contributed by atoms with E-state index in [1.807, 2.05) is 0 Å². The molecule has 0 aliphatic rings. The molecule has 28 heavy (non-hydrogen) atoms. The van der Waals surface area contributed by atoms with Crippen LogP contribution in [0.3, 0.4) is 0 Å². The Morgan fingerprint density at radius 3 is 2.50 bits per heavy atom. The first-order valence-corrected chi connectivity index (χ1v) is 8.50. The third-order valence-corrected chi connectivity index (χ3v) is 4.55. The van der Waals surface area contributed by atoms with Gasteiger partial charge in [-0.05, 0) is 36.4 Å². The van der Waals surface area contributed by atoms with E-state index in [4.69, 9.17) is 0 Å². The Hall–Kier alpha value is -3.81. The van der Waals surface area contributed by atoms with Crippen molar-refractivity contribution in [2.45, 2.75) is 0 Å². The molecular weight excluding hydrogens is 361 g/mol. The molecule has 2 aromatic heterocycles. The Kier molecular flexibility index (Phi) is 4.23. The molecule has 1 N–H and O–H groups in total. The van der Waals surface area contributed by atoms with Gasteiger partial charge in [-0.25, -0.2) is 14.4 Å². The summed E-state index contributed by atoms with van der Waals surface area (Å²) in [5.74, 6) is -0.732. The van der Waals surface area contributed by atoms with Crippen molar-refractivity contribution in [3.05, 3.63) is 76.6 Å². The van der Waals surface area contributed by atoms with Crippen molar-refractivity contribution < 1.29 is 9.18 Å². The summed E-state index contributed by atoms with van der Waals surface area (Å²) in [6, 6.07) is 13.0. The molecule has 4 aromatic rings. The van der Waals surface area contributed by atoms with Gasteiger partial charge in [-0.2, -0.15) is 0 Å². The van der Waals surface area contributed by atoms with Crippen molar-refractivity contribution in [3.63, 3.8) is 0 Å². The fourth-order valence-corrected chi connectivity index (χ4v) is 3.00. The van der Waals surface area contributed by atoms with Gasteiger partial charge in [0.15, 0.2) is 5.69 Å². The maximum atomic E-state index is 13.1. The van der Waals surface area contributed by atoms with E-state index in [1.165, 1.54) is 16.7 Å². The van der Waals surface area contributed by atoms with Crippen LogP contribution in [0.1, 0.15) is 10.5 Å². The zero-order valence-corrected chi connectivity index (χ0v) is 15.2. The highest BCUT2D eigenvalue weighted by atomic mass is 19.1. The molecule has 0 atom stereocenters. The number of fused-ring (bicyclic) bond motifs is 1. The lowest BCUT2D eigenvalue weighted by Gasteiger charge is -2.09. The number of benzene rings is 2. The standard InChI is InChI=1S/C20H16FN5O2/c1-25-15-6-4-3-5-14(15)23-17(19(25)28)18(27)24-20-22-11-16(26(20)2)12-7-9-13(21)10-8-12/h3-11H,1-2H3,(H,22,24,27). The third kappa shape index (κ3) is 2.94. The van der Waals surface area contributed by atoms with Gasteiger partial charge in [0.05, 0.1) is 22.9 Å². The van der Waals surface area contributed by atoms with Crippen molar-refractivity contribution in [3.8, 4) is 11.3 Å². The van der Waals surface area contributed by atoms with E-state index in [9.17, 15) is 14.0 Å². The predicted octanol–water partition coefficient (Wildman–Crippen LogP) is 2.73. The topological polar surface area (TPSA) is 81.8 Å². The highest BCUT2D eigenvalue weighted by Crippen LogP contribution is 2.22. The normalized spacial score (nSPS) is 11.0. The molecule has 2 aromatic carbocycles. The number of halogens is 1. The molecule has 0 unspecified atom stereocenters. The first kappa shape index (κ1) is 17.6. The molecule has 1 amide bonds. The largest absolute Gasteiger partial charge is 0.313 e. The minimum Gasteiger partial charge on any atom is -0.313 e. The van der Waals surface area contributed by atoms with Crippen LogP contribution >= 0.6 is 0 Å². The zero-order valence-electron chi connectivity index (χ0n) is 15.2. The number of nitrogens with one attached hydrogen (secondary N) is 1. The van der Waals surface area contributed by atoms with Crippen LogP contribution in [-0.2, 0) is 14.1 Å². The fraction of sp³-hybridized carbons (Fsp3) is 0.100. The van der Waals surface area contributed by atoms with E-state index in [0.29, 0.717) is 16.7 Å². The lowest BCUT2D eigenvalue weighted by molar-refractivity contribution is 0.101. The molecule has 0 fully saturated rings. The Morgan fingerprint density at radius 2 is 1.75 bits per heavy atom. The SMILES string of the molecule is Cn1c(-c2ccc(F)cc2)cnc1NC(=O)c1nc2ccccc2n(C)c1=O. The average Bonchev–Trinajstić information content (AvgIpc) is 3.05. The van der Waals surface area contributed by atoms with Crippen molar-refractivity contribution >= 4 is 22.9 Å². The minimum absolute atomic E-state index is 0.215. The average molecular weight is 377 g/mol. The molecule has 0 radical (unpaired) electrons. The molecule has 7 nitrogen and oxygen atoms in total. The zero-order chi connectivity index (χ0) is 19.8. The Morgan fingerprint density at radius 1 is 1.04 bits per heavy atom. The molecule has 4 rings (SSSR count). The number of nitrogens with zero attached hydrogens (tertiary/aromatic N) is 4. The summed E-state index contributed by atoms with van der Waals surface area (Å²) < 4.78 is 16.2. The lowest BCUT2D eigenvalue weighted by Crippen LogP contribution is -2.30. The molecule has 0 bridgehead atoms. The number of carbonyl (C=O) groups is 1. The molecule has 8 heteroatoms. The van der Waals surface area contributed by atoms with E-state index in [1.54, 1.807) is 61.3 Å². The van der Waals surface area contributed by atoms with E-state index in [2.05, 4.69) is 15.3 Å². The summed E-state index contributed by atoms with van der Waals surface area (Å²) in [5.41, 5.74) is 1.91. The summed E-state index contributed by atoms with van der Waals surface area (Å²) in [6.07, 6.45) is 1.56. The van der Waals surface area contributed by atoms with E-state index >= 15 is 0 Å². The van der Waals surface area contributed by atoms with Gasteiger partial charge < -0.3 is 9.13 Å². The molecule has 0 spiro atoms. The second-order valence-electron chi connectivity index (χ2n) is 6.30. The Labute approximate surface area is 159 Å². The highest BCUT2D eigenvalue weighted by molar-refractivity contribution is 6.02.